The van der Waals surface area contributed by atoms with Gasteiger partial charge in [0.25, 0.3) is 0 Å². The summed E-state index contributed by atoms with van der Waals surface area (Å²) in [6.07, 6.45) is 0. The summed E-state index contributed by atoms with van der Waals surface area (Å²) >= 11 is 3.34. The fourth-order valence-electron chi connectivity index (χ4n) is 3.30. The first-order valence-corrected chi connectivity index (χ1v) is 11.7. The summed E-state index contributed by atoms with van der Waals surface area (Å²) in [6, 6.07) is 18.1. The van der Waals surface area contributed by atoms with Crippen LogP contribution in [-0.4, -0.2) is 48.9 Å². The number of anilines is 1. The Kier molecular flexibility index (Phi) is 6.03. The Hall–Kier alpha value is -2.49. The van der Waals surface area contributed by atoms with E-state index in [0.29, 0.717) is 48.1 Å². The molecule has 1 aliphatic heterocycles. The molecule has 0 atom stereocenters. The number of hydrogen-bond donors (Lipinski definition) is 0. The number of nitrogens with zero attached hydrogens (tertiary/aromatic N) is 4. The number of hydrogen-bond acceptors (Lipinski definition) is 6. The van der Waals surface area contributed by atoms with Crippen LogP contribution in [0.4, 0.5) is 5.82 Å². The van der Waals surface area contributed by atoms with Gasteiger partial charge < -0.3 is 9.64 Å². The van der Waals surface area contributed by atoms with Crippen LogP contribution in [0.3, 0.4) is 0 Å². The number of piperazine rings is 1. The molecule has 9 heteroatoms. The van der Waals surface area contributed by atoms with Gasteiger partial charge in [-0.15, -0.1) is 0 Å². The van der Waals surface area contributed by atoms with Crippen molar-refractivity contribution in [2.75, 3.05) is 31.1 Å². The summed E-state index contributed by atoms with van der Waals surface area (Å²) in [7, 11) is -3.55. The molecule has 156 valence electrons. The minimum absolute atomic E-state index is 0.287. The molecule has 1 fully saturated rings. The van der Waals surface area contributed by atoms with E-state index in [1.165, 1.54) is 4.31 Å². The highest BCUT2D eigenvalue weighted by Gasteiger charge is 2.30. The minimum atomic E-state index is -3.55. The van der Waals surface area contributed by atoms with Crippen molar-refractivity contribution < 1.29 is 13.2 Å². The van der Waals surface area contributed by atoms with Gasteiger partial charge in [0.1, 0.15) is 17.4 Å². The lowest BCUT2D eigenvalue weighted by molar-refractivity contribution is 0.382. The van der Waals surface area contributed by atoms with E-state index in [9.17, 15) is 8.42 Å². The Labute approximate surface area is 184 Å². The van der Waals surface area contributed by atoms with E-state index in [1.54, 1.807) is 30.3 Å². The Morgan fingerprint density at radius 2 is 1.60 bits per heavy atom. The van der Waals surface area contributed by atoms with E-state index in [2.05, 4.69) is 30.8 Å². The smallest absolute Gasteiger partial charge is 0.244 e. The zero-order valence-corrected chi connectivity index (χ0v) is 18.8. The zero-order valence-electron chi connectivity index (χ0n) is 16.4. The molecule has 1 aromatic heterocycles. The van der Waals surface area contributed by atoms with Gasteiger partial charge >= 0.3 is 0 Å². The van der Waals surface area contributed by atoms with Crippen LogP contribution in [0.15, 0.2) is 70.0 Å². The van der Waals surface area contributed by atoms with Gasteiger partial charge in [0.15, 0.2) is 0 Å². The average molecular weight is 489 g/mol. The fourth-order valence-corrected chi connectivity index (χ4v) is 5.69. The number of rotatable bonds is 5. The Bertz CT molecular complexity index is 1130. The number of benzene rings is 2. The number of aryl methyl sites for hydroxylation is 1. The van der Waals surface area contributed by atoms with Gasteiger partial charge in [-0.3, -0.25) is 0 Å². The standard InChI is InChI=1S/C21H21BrN4O3S/c1-16-23-20(15-21(24-16)29-17-7-3-2-4-8-17)25-11-13-26(14-12-25)30(27,28)19-10-6-5-9-18(19)22/h2-10,15H,11-14H2,1H3. The van der Waals surface area contributed by atoms with E-state index >= 15 is 0 Å². The van der Waals surface area contributed by atoms with Gasteiger partial charge in [0.05, 0.1) is 4.90 Å². The minimum Gasteiger partial charge on any atom is -0.439 e. The zero-order chi connectivity index (χ0) is 21.1. The molecule has 3 aromatic rings. The molecule has 0 saturated carbocycles. The van der Waals surface area contributed by atoms with Crippen molar-refractivity contribution in [1.29, 1.82) is 0 Å². The third-order valence-electron chi connectivity index (χ3n) is 4.78. The lowest BCUT2D eigenvalue weighted by Gasteiger charge is -2.34. The van der Waals surface area contributed by atoms with E-state index in [1.807, 2.05) is 37.3 Å². The third kappa shape index (κ3) is 4.48. The summed E-state index contributed by atoms with van der Waals surface area (Å²) in [5, 5.41) is 0. The van der Waals surface area contributed by atoms with Gasteiger partial charge in [0, 0.05) is 36.7 Å². The molecule has 2 heterocycles. The second-order valence-corrected chi connectivity index (χ2v) is 9.61. The molecule has 1 saturated heterocycles. The van der Waals surface area contributed by atoms with Crippen LogP contribution in [0, 0.1) is 6.92 Å². The predicted molar refractivity (Wildman–Crippen MR) is 118 cm³/mol. The first-order valence-electron chi connectivity index (χ1n) is 9.52. The number of aromatic nitrogens is 2. The first-order chi connectivity index (χ1) is 14.4. The molecule has 7 nitrogen and oxygen atoms in total. The Morgan fingerprint density at radius 3 is 2.30 bits per heavy atom. The first kappa shape index (κ1) is 20.8. The van der Waals surface area contributed by atoms with Crippen molar-refractivity contribution in [2.45, 2.75) is 11.8 Å². The van der Waals surface area contributed by atoms with E-state index in [-0.39, 0.29) is 4.90 Å². The second-order valence-electron chi connectivity index (χ2n) is 6.85. The quantitative estimate of drug-likeness (QED) is 0.542. The van der Waals surface area contributed by atoms with Crippen molar-refractivity contribution >= 4 is 31.8 Å². The summed E-state index contributed by atoms with van der Waals surface area (Å²) in [6.45, 7) is 3.63. The number of para-hydroxylation sites is 1. The summed E-state index contributed by atoms with van der Waals surface area (Å²) in [4.78, 5) is 11.2. The molecule has 4 rings (SSSR count). The van der Waals surface area contributed by atoms with Crippen LogP contribution in [-0.2, 0) is 10.0 Å². The molecule has 0 aliphatic carbocycles. The molecule has 0 amide bonds. The normalized spacial score (nSPS) is 15.2. The van der Waals surface area contributed by atoms with Gasteiger partial charge in [-0.1, -0.05) is 30.3 Å². The maximum atomic E-state index is 13.0. The molecule has 1 aliphatic rings. The highest BCUT2D eigenvalue weighted by molar-refractivity contribution is 9.10. The fraction of sp³-hybridized carbons (Fsp3) is 0.238. The SMILES string of the molecule is Cc1nc(Oc2ccccc2)cc(N2CCN(S(=O)(=O)c3ccccc3Br)CC2)n1. The molecule has 0 radical (unpaired) electrons. The van der Waals surface area contributed by atoms with Gasteiger partial charge in [-0.05, 0) is 47.1 Å². The molecular formula is C21H21BrN4O3S. The third-order valence-corrected chi connectivity index (χ3v) is 7.69. The maximum absolute atomic E-state index is 13.0. The van der Waals surface area contributed by atoms with E-state index in [0.717, 1.165) is 5.82 Å². The maximum Gasteiger partial charge on any atom is 0.244 e. The van der Waals surface area contributed by atoms with Crippen LogP contribution in [0.25, 0.3) is 0 Å². The van der Waals surface area contributed by atoms with Crippen LogP contribution < -0.4 is 9.64 Å². The molecule has 2 aromatic carbocycles. The van der Waals surface area contributed by atoms with Crippen molar-refractivity contribution in [3.8, 4) is 11.6 Å². The van der Waals surface area contributed by atoms with Gasteiger partial charge in [-0.25, -0.2) is 13.4 Å². The summed E-state index contributed by atoms with van der Waals surface area (Å²) in [5.41, 5.74) is 0. The molecule has 0 N–H and O–H groups in total. The Balaban J connectivity index is 1.48. The van der Waals surface area contributed by atoms with Crippen molar-refractivity contribution in [2.24, 2.45) is 0 Å². The topological polar surface area (TPSA) is 75.6 Å². The molecule has 30 heavy (non-hydrogen) atoms. The molecule has 0 bridgehead atoms. The number of sulfonamides is 1. The van der Waals surface area contributed by atoms with E-state index < -0.39 is 10.0 Å². The highest BCUT2D eigenvalue weighted by Crippen LogP contribution is 2.27. The van der Waals surface area contributed by atoms with Crippen molar-refractivity contribution in [3.05, 3.63) is 71.0 Å². The van der Waals surface area contributed by atoms with Crippen LogP contribution in [0.2, 0.25) is 0 Å². The summed E-state index contributed by atoms with van der Waals surface area (Å²) < 4.78 is 33.9. The van der Waals surface area contributed by atoms with Gasteiger partial charge in [-0.2, -0.15) is 9.29 Å². The molecule has 0 spiro atoms. The molecule has 0 unspecified atom stereocenters. The van der Waals surface area contributed by atoms with Crippen LogP contribution in [0.5, 0.6) is 11.6 Å². The summed E-state index contributed by atoms with van der Waals surface area (Å²) in [5.74, 6) is 2.49. The van der Waals surface area contributed by atoms with Crippen LogP contribution in [0.1, 0.15) is 5.82 Å². The van der Waals surface area contributed by atoms with Crippen molar-refractivity contribution in [1.82, 2.24) is 14.3 Å². The molecular weight excluding hydrogens is 468 g/mol. The second kappa shape index (κ2) is 8.71. The average Bonchev–Trinajstić information content (AvgIpc) is 2.74. The predicted octanol–water partition coefficient (Wildman–Crippen LogP) is 3.85. The lowest BCUT2D eigenvalue weighted by Crippen LogP contribution is -2.49. The van der Waals surface area contributed by atoms with Crippen molar-refractivity contribution in [3.63, 3.8) is 0 Å². The van der Waals surface area contributed by atoms with Crippen LogP contribution >= 0.6 is 15.9 Å². The lowest BCUT2D eigenvalue weighted by atomic mass is 10.3. The number of ether oxygens (including phenoxy) is 1. The highest BCUT2D eigenvalue weighted by atomic mass is 79.9. The number of halogens is 1. The largest absolute Gasteiger partial charge is 0.439 e. The van der Waals surface area contributed by atoms with Gasteiger partial charge in [0.2, 0.25) is 15.9 Å². The monoisotopic (exact) mass is 488 g/mol. The Morgan fingerprint density at radius 1 is 0.933 bits per heavy atom. The van der Waals surface area contributed by atoms with E-state index in [4.69, 9.17) is 4.74 Å².